The van der Waals surface area contributed by atoms with Gasteiger partial charge >= 0.3 is 0 Å². The van der Waals surface area contributed by atoms with Crippen LogP contribution in [-0.4, -0.2) is 38.1 Å². The molecule has 0 saturated heterocycles. The van der Waals surface area contributed by atoms with Crippen LogP contribution in [0.15, 0.2) is 18.2 Å². The smallest absolute Gasteiger partial charge is 0.225 e. The minimum absolute atomic E-state index is 0.0958. The highest BCUT2D eigenvalue weighted by atomic mass is 16.5. The molecule has 0 bridgehead atoms. The van der Waals surface area contributed by atoms with Gasteiger partial charge in [-0.05, 0) is 49.1 Å². The molecule has 1 aromatic rings. The largest absolute Gasteiger partial charge is 0.493 e. The minimum Gasteiger partial charge on any atom is -0.493 e. The zero-order chi connectivity index (χ0) is 15.2. The highest BCUT2D eigenvalue weighted by molar-refractivity contribution is 5.75. The quantitative estimate of drug-likeness (QED) is 0.875. The average Bonchev–Trinajstić information content (AvgIpc) is 2.48. The lowest BCUT2D eigenvalue weighted by Crippen LogP contribution is -2.25. The molecular weight excluding hydrogens is 264 g/mol. The van der Waals surface area contributed by atoms with Gasteiger partial charge in [0.2, 0.25) is 5.91 Å². The van der Waals surface area contributed by atoms with Crippen LogP contribution in [0.3, 0.4) is 0 Å². The monoisotopic (exact) mass is 290 g/mol. The number of aryl methyl sites for hydroxylation is 1. The van der Waals surface area contributed by atoms with Crippen molar-refractivity contribution in [1.82, 2.24) is 10.2 Å². The van der Waals surface area contributed by atoms with E-state index >= 15 is 0 Å². The van der Waals surface area contributed by atoms with Crippen LogP contribution >= 0.6 is 0 Å². The number of carbonyl (C=O) groups is 1. The Hall–Kier alpha value is -1.55. The number of nitrogens with zero attached hydrogens (tertiary/aromatic N) is 1. The lowest BCUT2D eigenvalue weighted by Gasteiger charge is -2.26. The maximum absolute atomic E-state index is 11.5. The molecule has 0 saturated carbocycles. The molecule has 1 aromatic carbocycles. The Morgan fingerprint density at radius 2 is 2.24 bits per heavy atom. The molecule has 21 heavy (non-hydrogen) atoms. The standard InChI is InChI=1S/C17H26N2O2/c1-4-18-16-7-5-6-13-8-9-14(12-15(13)16)21-11-10-17(20)19(2)3/h8-9,12,16,18H,4-7,10-11H2,1-3H3. The number of ether oxygens (including phenoxy) is 1. The zero-order valence-electron chi connectivity index (χ0n) is 13.3. The van der Waals surface area contributed by atoms with Crippen LogP contribution in [0, 0.1) is 0 Å². The number of rotatable bonds is 6. The molecular formula is C17H26N2O2. The van der Waals surface area contributed by atoms with Gasteiger partial charge in [-0.2, -0.15) is 0 Å². The van der Waals surface area contributed by atoms with E-state index < -0.39 is 0 Å². The number of benzene rings is 1. The third kappa shape index (κ3) is 4.21. The summed E-state index contributed by atoms with van der Waals surface area (Å²) < 4.78 is 5.74. The van der Waals surface area contributed by atoms with E-state index in [0.717, 1.165) is 18.7 Å². The summed E-state index contributed by atoms with van der Waals surface area (Å²) >= 11 is 0. The molecule has 116 valence electrons. The number of amides is 1. The van der Waals surface area contributed by atoms with E-state index in [-0.39, 0.29) is 5.91 Å². The number of nitrogens with one attached hydrogen (secondary N) is 1. The van der Waals surface area contributed by atoms with Crippen molar-refractivity contribution in [2.75, 3.05) is 27.2 Å². The molecule has 1 aliphatic rings. The molecule has 1 atom stereocenters. The second-order valence-electron chi connectivity index (χ2n) is 5.75. The van der Waals surface area contributed by atoms with Gasteiger partial charge in [0.15, 0.2) is 0 Å². The van der Waals surface area contributed by atoms with Crippen molar-refractivity contribution in [3.05, 3.63) is 29.3 Å². The molecule has 0 aromatic heterocycles. The normalized spacial score (nSPS) is 17.2. The highest BCUT2D eigenvalue weighted by Gasteiger charge is 2.19. The average molecular weight is 290 g/mol. The van der Waals surface area contributed by atoms with Gasteiger partial charge in [0.25, 0.3) is 0 Å². The van der Waals surface area contributed by atoms with Crippen LogP contribution in [0.25, 0.3) is 0 Å². The van der Waals surface area contributed by atoms with Crippen molar-refractivity contribution >= 4 is 5.91 Å². The first-order valence-electron chi connectivity index (χ1n) is 7.81. The molecule has 0 spiro atoms. The summed E-state index contributed by atoms with van der Waals surface area (Å²) in [6, 6.07) is 6.77. The summed E-state index contributed by atoms with van der Waals surface area (Å²) in [5.74, 6) is 0.962. The predicted octanol–water partition coefficient (Wildman–Crippen LogP) is 2.53. The van der Waals surface area contributed by atoms with Gasteiger partial charge in [-0.25, -0.2) is 0 Å². The molecule has 1 N–H and O–H groups in total. The van der Waals surface area contributed by atoms with Crippen LogP contribution in [-0.2, 0) is 11.2 Å². The molecule has 1 unspecified atom stereocenters. The Morgan fingerprint density at radius 1 is 1.43 bits per heavy atom. The van der Waals surface area contributed by atoms with E-state index in [1.165, 1.54) is 24.0 Å². The van der Waals surface area contributed by atoms with E-state index in [2.05, 4.69) is 24.4 Å². The topological polar surface area (TPSA) is 41.6 Å². The van der Waals surface area contributed by atoms with Crippen LogP contribution in [0.1, 0.15) is 43.4 Å². The second-order valence-corrected chi connectivity index (χ2v) is 5.75. The van der Waals surface area contributed by atoms with Crippen LogP contribution in [0.2, 0.25) is 0 Å². The van der Waals surface area contributed by atoms with Gasteiger partial charge in [0.05, 0.1) is 13.0 Å². The molecule has 0 fully saturated rings. The maximum atomic E-state index is 11.5. The first-order chi connectivity index (χ1) is 10.1. The third-order valence-corrected chi connectivity index (χ3v) is 3.97. The van der Waals surface area contributed by atoms with Crippen molar-refractivity contribution in [2.45, 2.75) is 38.6 Å². The van der Waals surface area contributed by atoms with Crippen molar-refractivity contribution < 1.29 is 9.53 Å². The lowest BCUT2D eigenvalue weighted by molar-refractivity contribution is -0.129. The van der Waals surface area contributed by atoms with E-state index in [1.54, 1.807) is 19.0 Å². The molecule has 0 aliphatic heterocycles. The summed E-state index contributed by atoms with van der Waals surface area (Å²) in [7, 11) is 3.53. The number of hydrogen-bond donors (Lipinski definition) is 1. The lowest BCUT2D eigenvalue weighted by atomic mass is 9.87. The van der Waals surface area contributed by atoms with Gasteiger partial charge in [-0.15, -0.1) is 0 Å². The summed E-state index contributed by atoms with van der Waals surface area (Å²) in [6.45, 7) is 3.55. The van der Waals surface area contributed by atoms with Crippen molar-refractivity contribution in [3.63, 3.8) is 0 Å². The third-order valence-electron chi connectivity index (χ3n) is 3.97. The minimum atomic E-state index is 0.0958. The van der Waals surface area contributed by atoms with Crippen molar-refractivity contribution in [3.8, 4) is 5.75 Å². The summed E-state index contributed by atoms with van der Waals surface area (Å²) in [6.07, 6.45) is 3.99. The molecule has 4 heteroatoms. The van der Waals surface area contributed by atoms with Crippen molar-refractivity contribution in [2.24, 2.45) is 0 Å². The molecule has 1 aliphatic carbocycles. The van der Waals surface area contributed by atoms with Gasteiger partial charge in [0, 0.05) is 20.1 Å². The maximum Gasteiger partial charge on any atom is 0.225 e. The summed E-state index contributed by atoms with van der Waals surface area (Å²) in [5.41, 5.74) is 2.78. The molecule has 2 rings (SSSR count). The van der Waals surface area contributed by atoms with E-state index in [1.807, 2.05) is 6.07 Å². The van der Waals surface area contributed by atoms with E-state index in [9.17, 15) is 4.79 Å². The Kier molecular flexibility index (Phi) is 5.62. The van der Waals surface area contributed by atoms with E-state index in [4.69, 9.17) is 4.74 Å². The van der Waals surface area contributed by atoms with Gasteiger partial charge in [0.1, 0.15) is 5.75 Å². The Labute approximate surface area is 127 Å². The number of fused-ring (bicyclic) bond motifs is 1. The van der Waals surface area contributed by atoms with Crippen LogP contribution in [0.4, 0.5) is 0 Å². The SMILES string of the molecule is CCNC1CCCc2ccc(OCCC(=O)N(C)C)cc21. The fourth-order valence-electron chi connectivity index (χ4n) is 2.81. The predicted molar refractivity (Wildman–Crippen MR) is 84.6 cm³/mol. The first kappa shape index (κ1) is 15.8. The molecule has 0 heterocycles. The summed E-state index contributed by atoms with van der Waals surface area (Å²) in [5, 5.41) is 3.54. The number of carbonyl (C=O) groups excluding carboxylic acids is 1. The Morgan fingerprint density at radius 3 is 2.95 bits per heavy atom. The highest BCUT2D eigenvalue weighted by Crippen LogP contribution is 2.32. The fourth-order valence-corrected chi connectivity index (χ4v) is 2.81. The zero-order valence-corrected chi connectivity index (χ0v) is 13.3. The Bertz CT molecular complexity index is 486. The van der Waals surface area contributed by atoms with E-state index in [0.29, 0.717) is 19.1 Å². The van der Waals surface area contributed by atoms with Crippen LogP contribution in [0.5, 0.6) is 5.75 Å². The summed E-state index contributed by atoms with van der Waals surface area (Å²) in [4.78, 5) is 13.1. The fraction of sp³-hybridized carbons (Fsp3) is 0.588. The van der Waals surface area contributed by atoms with Gasteiger partial charge in [-0.1, -0.05) is 13.0 Å². The first-order valence-corrected chi connectivity index (χ1v) is 7.81. The van der Waals surface area contributed by atoms with Gasteiger partial charge < -0.3 is 15.0 Å². The molecule has 4 nitrogen and oxygen atoms in total. The van der Waals surface area contributed by atoms with Crippen molar-refractivity contribution in [1.29, 1.82) is 0 Å². The Balaban J connectivity index is 1.99. The second kappa shape index (κ2) is 7.46. The molecule has 0 radical (unpaired) electrons. The van der Waals surface area contributed by atoms with Gasteiger partial charge in [-0.3, -0.25) is 4.79 Å². The number of hydrogen-bond acceptors (Lipinski definition) is 3. The van der Waals surface area contributed by atoms with Crippen LogP contribution < -0.4 is 10.1 Å². The molecule has 1 amide bonds.